The number of aromatic nitrogens is 3. The van der Waals surface area contributed by atoms with E-state index in [1.807, 2.05) is 60.9 Å². The molecule has 0 fully saturated rings. The third-order valence-corrected chi connectivity index (χ3v) is 6.33. The highest BCUT2D eigenvalue weighted by atomic mass is 32.2. The molecule has 1 aromatic heterocycles. The summed E-state index contributed by atoms with van der Waals surface area (Å²) in [5.74, 6) is 0.925. The number of rotatable bonds is 6. The fourth-order valence-corrected chi connectivity index (χ4v) is 4.26. The molecule has 0 spiro atoms. The molecule has 4 aromatic rings. The number of hydrogen-bond donors (Lipinski definition) is 1. The molecule has 0 aliphatic rings. The molecule has 3 aromatic carbocycles. The monoisotopic (exact) mass is 442 g/mol. The van der Waals surface area contributed by atoms with E-state index in [9.17, 15) is 4.79 Å². The lowest BCUT2D eigenvalue weighted by Crippen LogP contribution is -2.15. The molecule has 0 bridgehead atoms. The lowest BCUT2D eigenvalue weighted by molar-refractivity contribution is -0.113. The molecule has 0 aliphatic carbocycles. The van der Waals surface area contributed by atoms with Crippen molar-refractivity contribution >= 4 is 23.4 Å². The van der Waals surface area contributed by atoms with Crippen LogP contribution in [-0.2, 0) is 4.79 Å². The number of nitrogens with zero attached hydrogens (tertiary/aromatic N) is 3. The average Bonchev–Trinajstić information content (AvgIpc) is 3.21. The van der Waals surface area contributed by atoms with E-state index in [2.05, 4.69) is 53.6 Å². The Hall–Kier alpha value is -3.38. The van der Waals surface area contributed by atoms with Crippen molar-refractivity contribution in [3.8, 4) is 17.1 Å². The van der Waals surface area contributed by atoms with Gasteiger partial charge in [0.15, 0.2) is 11.0 Å². The third kappa shape index (κ3) is 4.75. The largest absolute Gasteiger partial charge is 0.325 e. The first kappa shape index (κ1) is 21.8. The number of hydrogen-bond acceptors (Lipinski definition) is 4. The predicted molar refractivity (Wildman–Crippen MR) is 132 cm³/mol. The van der Waals surface area contributed by atoms with Gasteiger partial charge in [-0.05, 0) is 62.6 Å². The van der Waals surface area contributed by atoms with Gasteiger partial charge in [0.2, 0.25) is 5.91 Å². The molecule has 1 heterocycles. The first-order valence-electron chi connectivity index (χ1n) is 10.5. The lowest BCUT2D eigenvalue weighted by Gasteiger charge is -2.13. The normalized spacial score (nSPS) is 10.9. The van der Waals surface area contributed by atoms with Crippen molar-refractivity contribution in [3.63, 3.8) is 0 Å². The summed E-state index contributed by atoms with van der Waals surface area (Å²) >= 11 is 1.38. The predicted octanol–water partition coefficient (Wildman–Crippen LogP) is 5.90. The summed E-state index contributed by atoms with van der Waals surface area (Å²) in [6.07, 6.45) is 0. The van der Waals surface area contributed by atoms with Gasteiger partial charge >= 0.3 is 0 Å². The van der Waals surface area contributed by atoms with Gasteiger partial charge < -0.3 is 5.32 Å². The maximum atomic E-state index is 12.7. The van der Waals surface area contributed by atoms with Crippen molar-refractivity contribution in [2.24, 2.45) is 0 Å². The summed E-state index contributed by atoms with van der Waals surface area (Å²) in [4.78, 5) is 12.7. The molecule has 0 unspecified atom stereocenters. The topological polar surface area (TPSA) is 59.8 Å². The number of thioether (sulfide) groups is 1. The van der Waals surface area contributed by atoms with Crippen LogP contribution in [-0.4, -0.2) is 26.4 Å². The van der Waals surface area contributed by atoms with Crippen LogP contribution in [0.3, 0.4) is 0 Å². The van der Waals surface area contributed by atoms with Crippen molar-refractivity contribution < 1.29 is 4.79 Å². The summed E-state index contributed by atoms with van der Waals surface area (Å²) in [5, 5.41) is 12.6. The molecular formula is C26H26N4OS. The second-order valence-corrected chi connectivity index (χ2v) is 8.87. The standard InChI is InChI=1S/C26H26N4OS/c1-17-10-13-23(20(4)14-17)27-24(31)16-32-26-29-28-25(21-8-6-5-7-9-21)30(26)22-12-11-18(2)19(3)15-22/h5-15H,16H2,1-4H3,(H,27,31). The fourth-order valence-electron chi connectivity index (χ4n) is 3.51. The van der Waals surface area contributed by atoms with E-state index in [0.717, 1.165) is 28.3 Å². The number of carbonyl (C=O) groups excluding carboxylic acids is 1. The van der Waals surface area contributed by atoms with Crippen LogP contribution in [0, 0.1) is 27.7 Å². The van der Waals surface area contributed by atoms with Gasteiger partial charge in [-0.1, -0.05) is 65.9 Å². The van der Waals surface area contributed by atoms with Crippen LogP contribution in [0.15, 0.2) is 71.9 Å². The van der Waals surface area contributed by atoms with Gasteiger partial charge in [0.25, 0.3) is 0 Å². The van der Waals surface area contributed by atoms with Crippen LogP contribution in [0.5, 0.6) is 0 Å². The zero-order valence-electron chi connectivity index (χ0n) is 18.7. The van der Waals surface area contributed by atoms with E-state index in [4.69, 9.17) is 0 Å². The first-order chi connectivity index (χ1) is 15.4. The Morgan fingerprint density at radius 1 is 0.875 bits per heavy atom. The second kappa shape index (κ2) is 9.40. The average molecular weight is 443 g/mol. The molecule has 6 heteroatoms. The van der Waals surface area contributed by atoms with E-state index in [1.165, 1.54) is 28.5 Å². The van der Waals surface area contributed by atoms with E-state index in [-0.39, 0.29) is 11.7 Å². The number of aryl methyl sites for hydroxylation is 4. The van der Waals surface area contributed by atoms with Crippen LogP contribution in [0.4, 0.5) is 5.69 Å². The van der Waals surface area contributed by atoms with Gasteiger partial charge in [0, 0.05) is 11.3 Å². The van der Waals surface area contributed by atoms with Gasteiger partial charge in [0.05, 0.1) is 11.4 Å². The highest BCUT2D eigenvalue weighted by Crippen LogP contribution is 2.29. The van der Waals surface area contributed by atoms with Gasteiger partial charge in [-0.15, -0.1) is 10.2 Å². The molecule has 1 N–H and O–H groups in total. The zero-order valence-corrected chi connectivity index (χ0v) is 19.5. The summed E-state index contributed by atoms with van der Waals surface area (Å²) in [6, 6.07) is 22.3. The van der Waals surface area contributed by atoms with E-state index >= 15 is 0 Å². The molecule has 32 heavy (non-hydrogen) atoms. The van der Waals surface area contributed by atoms with E-state index in [0.29, 0.717) is 5.16 Å². The summed E-state index contributed by atoms with van der Waals surface area (Å²) in [7, 11) is 0. The molecule has 0 saturated heterocycles. The number of nitrogens with one attached hydrogen (secondary N) is 1. The Morgan fingerprint density at radius 3 is 2.38 bits per heavy atom. The maximum Gasteiger partial charge on any atom is 0.234 e. The Morgan fingerprint density at radius 2 is 1.66 bits per heavy atom. The van der Waals surface area contributed by atoms with Crippen molar-refractivity contribution in [1.82, 2.24) is 14.8 Å². The minimum absolute atomic E-state index is 0.0714. The van der Waals surface area contributed by atoms with E-state index < -0.39 is 0 Å². The lowest BCUT2D eigenvalue weighted by atomic mass is 10.1. The fraction of sp³-hybridized carbons (Fsp3) is 0.192. The molecule has 0 radical (unpaired) electrons. The number of carbonyl (C=O) groups is 1. The molecule has 1 amide bonds. The minimum Gasteiger partial charge on any atom is -0.325 e. The molecule has 4 rings (SSSR count). The van der Waals surface area contributed by atoms with Crippen LogP contribution < -0.4 is 5.32 Å². The molecule has 0 atom stereocenters. The van der Waals surface area contributed by atoms with Gasteiger partial charge in [0.1, 0.15) is 0 Å². The molecule has 5 nitrogen and oxygen atoms in total. The smallest absolute Gasteiger partial charge is 0.234 e. The van der Waals surface area contributed by atoms with Crippen molar-refractivity contribution in [1.29, 1.82) is 0 Å². The Kier molecular flexibility index (Phi) is 6.42. The Balaban J connectivity index is 1.61. The summed E-state index contributed by atoms with van der Waals surface area (Å²) in [5.41, 5.74) is 7.43. The highest BCUT2D eigenvalue weighted by Gasteiger charge is 2.18. The summed E-state index contributed by atoms with van der Waals surface area (Å²) in [6.45, 7) is 8.22. The van der Waals surface area contributed by atoms with Crippen LogP contribution >= 0.6 is 11.8 Å². The van der Waals surface area contributed by atoms with Gasteiger partial charge in [-0.2, -0.15) is 0 Å². The molecular weight excluding hydrogens is 416 g/mol. The quantitative estimate of drug-likeness (QED) is 0.378. The minimum atomic E-state index is -0.0714. The number of anilines is 1. The number of benzene rings is 3. The van der Waals surface area contributed by atoms with Crippen molar-refractivity contribution in [2.75, 3.05) is 11.1 Å². The third-order valence-electron chi connectivity index (χ3n) is 5.40. The van der Waals surface area contributed by atoms with Gasteiger partial charge in [-0.3, -0.25) is 9.36 Å². The SMILES string of the molecule is Cc1ccc(NC(=O)CSc2nnc(-c3ccccc3)n2-c2ccc(C)c(C)c2)c(C)c1. The molecule has 162 valence electrons. The highest BCUT2D eigenvalue weighted by molar-refractivity contribution is 7.99. The second-order valence-electron chi connectivity index (χ2n) is 7.93. The Labute approximate surface area is 192 Å². The maximum absolute atomic E-state index is 12.7. The number of amides is 1. The van der Waals surface area contributed by atoms with Crippen molar-refractivity contribution in [3.05, 3.63) is 89.0 Å². The van der Waals surface area contributed by atoms with Gasteiger partial charge in [-0.25, -0.2) is 0 Å². The van der Waals surface area contributed by atoms with Crippen LogP contribution in [0.25, 0.3) is 17.1 Å². The van der Waals surface area contributed by atoms with Crippen LogP contribution in [0.1, 0.15) is 22.3 Å². The first-order valence-corrected chi connectivity index (χ1v) is 11.5. The summed E-state index contributed by atoms with van der Waals surface area (Å²) < 4.78 is 2.02. The van der Waals surface area contributed by atoms with Crippen LogP contribution in [0.2, 0.25) is 0 Å². The molecule has 0 aliphatic heterocycles. The van der Waals surface area contributed by atoms with Crippen molar-refractivity contribution in [2.45, 2.75) is 32.9 Å². The van der Waals surface area contributed by atoms with E-state index in [1.54, 1.807) is 0 Å². The molecule has 0 saturated carbocycles. The zero-order chi connectivity index (χ0) is 22.7. The Bertz CT molecular complexity index is 1260.